The summed E-state index contributed by atoms with van der Waals surface area (Å²) in [6.07, 6.45) is 0. The minimum absolute atomic E-state index is 0.599. The van der Waals surface area contributed by atoms with Crippen molar-refractivity contribution < 1.29 is 0 Å². The molecule has 2 aromatic carbocycles. The zero-order valence-corrected chi connectivity index (χ0v) is 12.4. The number of hydrogen-bond donors (Lipinski definition) is 1. The van der Waals surface area contributed by atoms with Crippen LogP contribution in [0.25, 0.3) is 21.2 Å². The Morgan fingerprint density at radius 3 is 2.78 bits per heavy atom. The molecule has 0 atom stereocenters. The lowest BCUT2D eigenvalue weighted by Gasteiger charge is -2.03. The van der Waals surface area contributed by atoms with Crippen LogP contribution in [-0.2, 0) is 0 Å². The van der Waals surface area contributed by atoms with Crippen LogP contribution in [0.2, 0.25) is 5.02 Å². The first-order chi connectivity index (χ1) is 8.66. The van der Waals surface area contributed by atoms with Crippen molar-refractivity contribution in [2.75, 3.05) is 5.73 Å². The van der Waals surface area contributed by atoms with E-state index in [1.165, 1.54) is 15.6 Å². The molecule has 0 radical (unpaired) electrons. The molecule has 0 fully saturated rings. The highest BCUT2D eigenvalue weighted by Gasteiger charge is 2.09. The van der Waals surface area contributed by atoms with Crippen LogP contribution >= 0.6 is 38.9 Å². The Bertz CT molecular complexity index is 736. The van der Waals surface area contributed by atoms with E-state index < -0.39 is 0 Å². The van der Waals surface area contributed by atoms with Gasteiger partial charge in [0.1, 0.15) is 0 Å². The van der Waals surface area contributed by atoms with Crippen molar-refractivity contribution in [1.82, 2.24) is 0 Å². The van der Waals surface area contributed by atoms with Gasteiger partial charge in [-0.3, -0.25) is 0 Å². The lowest BCUT2D eigenvalue weighted by molar-refractivity contribution is 1.66. The van der Waals surface area contributed by atoms with Gasteiger partial charge in [-0.2, -0.15) is 0 Å². The Kier molecular flexibility index (Phi) is 3.06. The molecule has 90 valence electrons. The Morgan fingerprint density at radius 1 is 1.17 bits per heavy atom. The average Bonchev–Trinajstić information content (AvgIpc) is 2.78. The molecule has 3 aromatic rings. The van der Waals surface area contributed by atoms with E-state index in [4.69, 9.17) is 17.3 Å². The van der Waals surface area contributed by atoms with Gasteiger partial charge in [0, 0.05) is 20.1 Å². The summed E-state index contributed by atoms with van der Waals surface area (Å²) >= 11 is 11.4. The summed E-state index contributed by atoms with van der Waals surface area (Å²) < 4.78 is 2.37. The van der Waals surface area contributed by atoms with Crippen LogP contribution < -0.4 is 5.73 Å². The fraction of sp³-hybridized carbons (Fsp3) is 0. The Morgan fingerprint density at radius 2 is 2.00 bits per heavy atom. The van der Waals surface area contributed by atoms with Crippen LogP contribution in [-0.4, -0.2) is 0 Å². The molecule has 0 saturated carbocycles. The molecule has 1 aromatic heterocycles. The van der Waals surface area contributed by atoms with Crippen molar-refractivity contribution >= 4 is 54.6 Å². The summed E-state index contributed by atoms with van der Waals surface area (Å²) in [5.41, 5.74) is 8.64. The average molecular weight is 339 g/mol. The highest BCUT2D eigenvalue weighted by Crippen LogP contribution is 2.38. The summed E-state index contributed by atoms with van der Waals surface area (Å²) in [6.45, 7) is 0. The molecule has 4 heteroatoms. The first kappa shape index (κ1) is 12.0. The standard InChI is InChI=1S/C14H9BrClNS/c15-11-3-1-2-9-10(7-18-14(9)11)8-4-5-13(17)12(16)6-8/h1-7H,17H2. The number of halogens is 2. The zero-order valence-electron chi connectivity index (χ0n) is 9.28. The lowest BCUT2D eigenvalue weighted by Crippen LogP contribution is -1.86. The summed E-state index contributed by atoms with van der Waals surface area (Å²) in [4.78, 5) is 0. The summed E-state index contributed by atoms with van der Waals surface area (Å²) in [6, 6.07) is 12.0. The number of rotatable bonds is 1. The van der Waals surface area contributed by atoms with Gasteiger partial charge in [0.25, 0.3) is 0 Å². The second-order valence-corrected chi connectivity index (χ2v) is 6.14. The summed E-state index contributed by atoms with van der Waals surface area (Å²) in [5.74, 6) is 0. The molecule has 0 saturated heterocycles. The predicted molar refractivity (Wildman–Crippen MR) is 84.4 cm³/mol. The molecule has 0 amide bonds. The van der Waals surface area contributed by atoms with E-state index in [0.29, 0.717) is 10.7 Å². The van der Waals surface area contributed by atoms with Crippen molar-refractivity contribution in [3.63, 3.8) is 0 Å². The zero-order chi connectivity index (χ0) is 12.7. The number of fused-ring (bicyclic) bond motifs is 1. The molecule has 2 N–H and O–H groups in total. The van der Waals surface area contributed by atoms with Gasteiger partial charge < -0.3 is 5.73 Å². The third-order valence-electron chi connectivity index (χ3n) is 2.86. The third-order valence-corrected chi connectivity index (χ3v) is 5.14. The van der Waals surface area contributed by atoms with Gasteiger partial charge in [-0.05, 0) is 45.1 Å². The van der Waals surface area contributed by atoms with Crippen molar-refractivity contribution in [3.05, 3.63) is 51.3 Å². The van der Waals surface area contributed by atoms with Crippen molar-refractivity contribution in [3.8, 4) is 11.1 Å². The Hall–Kier alpha value is -1.03. The number of anilines is 1. The van der Waals surface area contributed by atoms with Gasteiger partial charge in [0.15, 0.2) is 0 Å². The maximum Gasteiger partial charge on any atom is 0.0641 e. The molecule has 0 aliphatic carbocycles. The number of hydrogen-bond acceptors (Lipinski definition) is 2. The van der Waals surface area contributed by atoms with E-state index >= 15 is 0 Å². The van der Waals surface area contributed by atoms with Crippen LogP contribution in [0.3, 0.4) is 0 Å². The highest BCUT2D eigenvalue weighted by atomic mass is 79.9. The topological polar surface area (TPSA) is 26.0 Å². The molecule has 0 unspecified atom stereocenters. The third kappa shape index (κ3) is 1.92. The molecule has 0 bridgehead atoms. The summed E-state index contributed by atoms with van der Waals surface area (Å²) in [7, 11) is 0. The normalized spacial score (nSPS) is 11.0. The number of thiophene rings is 1. The van der Waals surface area contributed by atoms with E-state index in [0.717, 1.165) is 10.0 Å². The van der Waals surface area contributed by atoms with Crippen LogP contribution in [0.1, 0.15) is 0 Å². The van der Waals surface area contributed by atoms with Crippen molar-refractivity contribution in [2.24, 2.45) is 0 Å². The minimum atomic E-state index is 0.599. The maximum absolute atomic E-state index is 6.08. The van der Waals surface area contributed by atoms with Gasteiger partial charge in [-0.15, -0.1) is 11.3 Å². The van der Waals surface area contributed by atoms with Gasteiger partial charge in [0.2, 0.25) is 0 Å². The minimum Gasteiger partial charge on any atom is -0.398 e. The quantitative estimate of drug-likeness (QED) is 0.577. The Balaban J connectivity index is 2.25. The van der Waals surface area contributed by atoms with Crippen LogP contribution in [0.15, 0.2) is 46.3 Å². The lowest BCUT2D eigenvalue weighted by atomic mass is 10.0. The van der Waals surface area contributed by atoms with Crippen molar-refractivity contribution in [1.29, 1.82) is 0 Å². The first-order valence-electron chi connectivity index (χ1n) is 5.38. The number of nitrogen functional groups attached to an aromatic ring is 1. The highest BCUT2D eigenvalue weighted by molar-refractivity contribution is 9.10. The van der Waals surface area contributed by atoms with E-state index in [-0.39, 0.29) is 0 Å². The molecular formula is C14H9BrClNS. The SMILES string of the molecule is Nc1ccc(-c2csc3c(Br)cccc23)cc1Cl. The summed E-state index contributed by atoms with van der Waals surface area (Å²) in [5, 5.41) is 3.98. The fourth-order valence-corrected chi connectivity index (χ4v) is 3.75. The molecule has 18 heavy (non-hydrogen) atoms. The van der Waals surface area contributed by atoms with Gasteiger partial charge in [-0.25, -0.2) is 0 Å². The second kappa shape index (κ2) is 4.57. The smallest absolute Gasteiger partial charge is 0.0641 e. The molecular weight excluding hydrogens is 330 g/mol. The van der Waals surface area contributed by atoms with Crippen LogP contribution in [0.4, 0.5) is 5.69 Å². The first-order valence-corrected chi connectivity index (χ1v) is 7.43. The predicted octanol–water partition coefficient (Wildman–Crippen LogP) is 5.57. The largest absolute Gasteiger partial charge is 0.398 e. The van der Waals surface area contributed by atoms with E-state index in [2.05, 4.69) is 33.4 Å². The second-order valence-electron chi connectivity index (χ2n) is 4.00. The molecule has 1 heterocycles. The van der Waals surface area contributed by atoms with Gasteiger partial charge >= 0.3 is 0 Å². The molecule has 0 aliphatic rings. The number of benzene rings is 2. The van der Waals surface area contributed by atoms with E-state index in [1.54, 1.807) is 11.3 Å². The molecule has 3 rings (SSSR count). The Labute approximate surface area is 122 Å². The molecule has 1 nitrogen and oxygen atoms in total. The monoisotopic (exact) mass is 337 g/mol. The molecule has 0 aliphatic heterocycles. The molecule has 0 spiro atoms. The van der Waals surface area contributed by atoms with Crippen molar-refractivity contribution in [2.45, 2.75) is 0 Å². The maximum atomic E-state index is 6.08. The number of nitrogens with two attached hydrogens (primary N) is 1. The van der Waals surface area contributed by atoms with Crippen LogP contribution in [0.5, 0.6) is 0 Å². The van der Waals surface area contributed by atoms with E-state index in [1.807, 2.05) is 24.3 Å². The van der Waals surface area contributed by atoms with Gasteiger partial charge in [0.05, 0.1) is 10.7 Å². The van der Waals surface area contributed by atoms with E-state index in [9.17, 15) is 0 Å². The van der Waals surface area contributed by atoms with Crippen LogP contribution in [0, 0.1) is 0 Å². The van der Waals surface area contributed by atoms with Gasteiger partial charge in [-0.1, -0.05) is 29.8 Å². The fourth-order valence-electron chi connectivity index (χ4n) is 1.94.